The van der Waals surface area contributed by atoms with Crippen molar-refractivity contribution in [2.75, 3.05) is 13.7 Å². The molecule has 1 aromatic rings. The lowest BCUT2D eigenvalue weighted by Crippen LogP contribution is -2.45. The highest BCUT2D eigenvalue weighted by Gasteiger charge is 2.28. The van der Waals surface area contributed by atoms with E-state index in [1.54, 1.807) is 7.11 Å². The number of benzene rings is 1. The molecule has 1 saturated carbocycles. The molecular weight excluding hydrogens is 226 g/mol. The Hall–Kier alpha value is -0.900. The van der Waals surface area contributed by atoms with Crippen molar-refractivity contribution in [3.8, 4) is 0 Å². The van der Waals surface area contributed by atoms with Crippen molar-refractivity contribution in [2.45, 2.75) is 45.1 Å². The highest BCUT2D eigenvalue weighted by molar-refractivity contribution is 5.26. The standard InChI is InChI=1S/C15H23NO2/c1-3-18-15-8-14(9-15)16-10-12-6-4-5-7-13(12)11-17-2/h4-7,14-16H,3,8-11H2,1-2H3. The molecule has 0 saturated heterocycles. The predicted octanol–water partition coefficient (Wildman–Crippen LogP) is 2.49. The van der Waals surface area contributed by atoms with E-state index in [1.165, 1.54) is 11.1 Å². The monoisotopic (exact) mass is 249 g/mol. The van der Waals surface area contributed by atoms with Crippen molar-refractivity contribution in [3.05, 3.63) is 35.4 Å². The topological polar surface area (TPSA) is 30.5 Å². The molecule has 1 fully saturated rings. The maximum absolute atomic E-state index is 5.56. The molecule has 0 heterocycles. The van der Waals surface area contributed by atoms with Crippen LogP contribution in [-0.2, 0) is 22.6 Å². The van der Waals surface area contributed by atoms with Gasteiger partial charge in [0.2, 0.25) is 0 Å². The number of hydrogen-bond donors (Lipinski definition) is 1. The number of rotatable bonds is 7. The maximum atomic E-state index is 5.56. The average molecular weight is 249 g/mol. The van der Waals surface area contributed by atoms with E-state index in [4.69, 9.17) is 9.47 Å². The summed E-state index contributed by atoms with van der Waals surface area (Å²) in [5.41, 5.74) is 2.60. The third-order valence-corrected chi connectivity index (χ3v) is 3.50. The van der Waals surface area contributed by atoms with Crippen LogP contribution in [0.3, 0.4) is 0 Å². The van der Waals surface area contributed by atoms with E-state index in [9.17, 15) is 0 Å². The smallest absolute Gasteiger partial charge is 0.0716 e. The molecule has 0 bridgehead atoms. The molecule has 0 radical (unpaired) electrons. The summed E-state index contributed by atoms with van der Waals surface area (Å²) in [5.74, 6) is 0. The Morgan fingerprint density at radius 1 is 1.22 bits per heavy atom. The Morgan fingerprint density at radius 3 is 2.61 bits per heavy atom. The van der Waals surface area contributed by atoms with Crippen LogP contribution in [0, 0.1) is 0 Å². The van der Waals surface area contributed by atoms with Gasteiger partial charge in [0.05, 0.1) is 12.7 Å². The quantitative estimate of drug-likeness (QED) is 0.805. The molecule has 1 aromatic carbocycles. The van der Waals surface area contributed by atoms with Crippen LogP contribution in [0.1, 0.15) is 30.9 Å². The molecule has 1 aliphatic rings. The summed E-state index contributed by atoms with van der Waals surface area (Å²) in [5, 5.41) is 3.59. The first-order chi connectivity index (χ1) is 8.83. The molecule has 3 nitrogen and oxygen atoms in total. The van der Waals surface area contributed by atoms with Crippen LogP contribution in [0.2, 0.25) is 0 Å². The molecule has 2 rings (SSSR count). The molecule has 100 valence electrons. The van der Waals surface area contributed by atoms with Gasteiger partial charge in [-0.25, -0.2) is 0 Å². The number of ether oxygens (including phenoxy) is 2. The van der Waals surface area contributed by atoms with Crippen molar-refractivity contribution < 1.29 is 9.47 Å². The third-order valence-electron chi connectivity index (χ3n) is 3.50. The van der Waals surface area contributed by atoms with Gasteiger partial charge in [0.1, 0.15) is 0 Å². The van der Waals surface area contributed by atoms with Crippen molar-refractivity contribution in [2.24, 2.45) is 0 Å². The fourth-order valence-electron chi connectivity index (χ4n) is 2.38. The maximum Gasteiger partial charge on any atom is 0.0716 e. The van der Waals surface area contributed by atoms with Gasteiger partial charge < -0.3 is 14.8 Å². The molecular formula is C15H23NO2. The summed E-state index contributed by atoms with van der Waals surface area (Å²) in [6.07, 6.45) is 2.75. The zero-order chi connectivity index (χ0) is 12.8. The van der Waals surface area contributed by atoms with E-state index in [2.05, 4.69) is 36.5 Å². The third kappa shape index (κ3) is 3.55. The second-order valence-corrected chi connectivity index (χ2v) is 4.83. The van der Waals surface area contributed by atoms with Crippen molar-refractivity contribution in [3.63, 3.8) is 0 Å². The molecule has 0 aromatic heterocycles. The molecule has 0 spiro atoms. The van der Waals surface area contributed by atoms with Gasteiger partial charge >= 0.3 is 0 Å². The minimum Gasteiger partial charge on any atom is -0.380 e. The van der Waals surface area contributed by atoms with Gasteiger partial charge in [-0.1, -0.05) is 24.3 Å². The Balaban J connectivity index is 1.77. The van der Waals surface area contributed by atoms with Crippen LogP contribution in [0.5, 0.6) is 0 Å². The van der Waals surface area contributed by atoms with Gasteiger partial charge in [-0.05, 0) is 30.9 Å². The molecule has 1 aliphatic carbocycles. The lowest BCUT2D eigenvalue weighted by molar-refractivity contribution is -0.0102. The van der Waals surface area contributed by atoms with Gasteiger partial charge in [-0.3, -0.25) is 0 Å². The largest absolute Gasteiger partial charge is 0.380 e. The lowest BCUT2D eigenvalue weighted by atomic mass is 9.89. The fraction of sp³-hybridized carbons (Fsp3) is 0.600. The summed E-state index contributed by atoms with van der Waals surface area (Å²) < 4.78 is 10.8. The molecule has 0 amide bonds. The van der Waals surface area contributed by atoms with E-state index in [0.717, 1.165) is 26.0 Å². The van der Waals surface area contributed by atoms with Crippen molar-refractivity contribution in [1.29, 1.82) is 0 Å². The lowest BCUT2D eigenvalue weighted by Gasteiger charge is -2.35. The normalized spacial score (nSPS) is 22.8. The Bertz CT molecular complexity index is 361. The SMILES string of the molecule is CCOC1CC(NCc2ccccc2COC)C1. The molecule has 18 heavy (non-hydrogen) atoms. The van der Waals surface area contributed by atoms with Crippen molar-refractivity contribution >= 4 is 0 Å². The predicted molar refractivity (Wildman–Crippen MR) is 72.4 cm³/mol. The number of nitrogens with one attached hydrogen (secondary N) is 1. The van der Waals surface area contributed by atoms with Gasteiger partial charge in [-0.2, -0.15) is 0 Å². The Morgan fingerprint density at radius 2 is 1.94 bits per heavy atom. The van der Waals surface area contributed by atoms with Crippen LogP contribution >= 0.6 is 0 Å². The van der Waals surface area contributed by atoms with Gasteiger partial charge in [0.15, 0.2) is 0 Å². The minimum atomic E-state index is 0.474. The van der Waals surface area contributed by atoms with Gasteiger partial charge in [0, 0.05) is 26.3 Å². The van der Waals surface area contributed by atoms with E-state index in [0.29, 0.717) is 18.8 Å². The summed E-state index contributed by atoms with van der Waals surface area (Å²) in [6.45, 7) is 4.49. The van der Waals surface area contributed by atoms with E-state index in [-0.39, 0.29) is 0 Å². The van der Waals surface area contributed by atoms with Crippen molar-refractivity contribution in [1.82, 2.24) is 5.32 Å². The summed E-state index contributed by atoms with van der Waals surface area (Å²) in [4.78, 5) is 0. The molecule has 0 atom stereocenters. The van der Waals surface area contributed by atoms with E-state index >= 15 is 0 Å². The van der Waals surface area contributed by atoms with Crippen LogP contribution in [-0.4, -0.2) is 25.9 Å². The zero-order valence-electron chi connectivity index (χ0n) is 11.3. The molecule has 0 unspecified atom stereocenters. The summed E-state index contributed by atoms with van der Waals surface area (Å²) in [7, 11) is 1.74. The molecule has 0 aliphatic heterocycles. The Kier molecular flexibility index (Phi) is 5.17. The second kappa shape index (κ2) is 6.88. The first-order valence-corrected chi connectivity index (χ1v) is 6.74. The zero-order valence-corrected chi connectivity index (χ0v) is 11.3. The molecule has 3 heteroatoms. The van der Waals surface area contributed by atoms with Gasteiger partial charge in [0.25, 0.3) is 0 Å². The first-order valence-electron chi connectivity index (χ1n) is 6.74. The number of hydrogen-bond acceptors (Lipinski definition) is 3. The van der Waals surface area contributed by atoms with Crippen LogP contribution < -0.4 is 5.32 Å². The van der Waals surface area contributed by atoms with Crippen LogP contribution in [0.15, 0.2) is 24.3 Å². The van der Waals surface area contributed by atoms with E-state index in [1.807, 2.05) is 0 Å². The average Bonchev–Trinajstić information content (AvgIpc) is 2.34. The summed E-state index contributed by atoms with van der Waals surface area (Å²) in [6, 6.07) is 9.05. The summed E-state index contributed by atoms with van der Waals surface area (Å²) >= 11 is 0. The fourth-order valence-corrected chi connectivity index (χ4v) is 2.38. The highest BCUT2D eigenvalue weighted by atomic mass is 16.5. The van der Waals surface area contributed by atoms with E-state index < -0.39 is 0 Å². The van der Waals surface area contributed by atoms with Crippen LogP contribution in [0.25, 0.3) is 0 Å². The number of methoxy groups -OCH3 is 1. The highest BCUT2D eigenvalue weighted by Crippen LogP contribution is 2.23. The molecule has 1 N–H and O–H groups in total. The van der Waals surface area contributed by atoms with Gasteiger partial charge in [-0.15, -0.1) is 0 Å². The Labute approximate surface area is 109 Å². The second-order valence-electron chi connectivity index (χ2n) is 4.83. The minimum absolute atomic E-state index is 0.474. The van der Waals surface area contributed by atoms with Crippen LogP contribution in [0.4, 0.5) is 0 Å². The first kappa shape index (κ1) is 13.5.